The number of carbonyl (C=O) groups excluding carboxylic acids is 1. The van der Waals surface area contributed by atoms with Crippen LogP contribution in [0.1, 0.15) is 12.5 Å². The Balaban J connectivity index is 2.16. The first-order valence-electron chi connectivity index (χ1n) is 8.02. The molecule has 1 amide bonds. The number of amides is 1. The number of nitrogens with zero attached hydrogens (tertiary/aromatic N) is 2. The van der Waals surface area contributed by atoms with Gasteiger partial charge < -0.3 is 4.74 Å². The highest BCUT2D eigenvalue weighted by atomic mass is 35.5. The SMILES string of the molecule is COc1ccc(N(CC(=O)N/N=C(/C)c2ccc(F)cc2)S(C)(=O)=O)cc1Cl. The maximum atomic E-state index is 13.0. The minimum atomic E-state index is -3.76. The van der Waals surface area contributed by atoms with Crippen molar-refractivity contribution in [3.63, 3.8) is 0 Å². The van der Waals surface area contributed by atoms with Gasteiger partial charge in [0.15, 0.2) is 0 Å². The Morgan fingerprint density at radius 2 is 1.89 bits per heavy atom. The lowest BCUT2D eigenvalue weighted by atomic mass is 10.1. The largest absolute Gasteiger partial charge is 0.495 e. The maximum Gasteiger partial charge on any atom is 0.260 e. The van der Waals surface area contributed by atoms with Gasteiger partial charge >= 0.3 is 0 Å². The zero-order valence-electron chi connectivity index (χ0n) is 15.4. The predicted octanol–water partition coefficient (Wildman–Crippen LogP) is 2.79. The molecular weight excluding hydrogens is 409 g/mol. The van der Waals surface area contributed by atoms with E-state index in [4.69, 9.17) is 16.3 Å². The second kappa shape index (κ2) is 9.03. The number of halogens is 2. The second-order valence-electron chi connectivity index (χ2n) is 5.83. The monoisotopic (exact) mass is 427 g/mol. The Hall–Kier alpha value is -2.65. The molecule has 0 saturated carbocycles. The maximum absolute atomic E-state index is 13.0. The Morgan fingerprint density at radius 1 is 1.25 bits per heavy atom. The molecular formula is C18H19ClFN3O4S. The highest BCUT2D eigenvalue weighted by Gasteiger charge is 2.21. The minimum Gasteiger partial charge on any atom is -0.495 e. The highest BCUT2D eigenvalue weighted by Crippen LogP contribution is 2.30. The third-order valence-corrected chi connectivity index (χ3v) is 5.16. The summed E-state index contributed by atoms with van der Waals surface area (Å²) in [6.07, 6.45) is 0.978. The smallest absolute Gasteiger partial charge is 0.260 e. The lowest BCUT2D eigenvalue weighted by molar-refractivity contribution is -0.119. The zero-order valence-corrected chi connectivity index (χ0v) is 17.0. The van der Waals surface area contributed by atoms with Crippen molar-refractivity contribution in [2.24, 2.45) is 5.10 Å². The quantitative estimate of drug-likeness (QED) is 0.543. The molecule has 0 aliphatic carbocycles. The number of anilines is 1. The molecule has 0 aliphatic heterocycles. The van der Waals surface area contributed by atoms with Crippen molar-refractivity contribution in [2.75, 3.05) is 24.2 Å². The molecule has 150 valence electrons. The summed E-state index contributed by atoms with van der Waals surface area (Å²) < 4.78 is 43.2. The van der Waals surface area contributed by atoms with Crippen molar-refractivity contribution in [2.45, 2.75) is 6.92 Å². The number of nitrogens with one attached hydrogen (secondary N) is 1. The van der Waals surface area contributed by atoms with Gasteiger partial charge in [-0.3, -0.25) is 9.10 Å². The average molecular weight is 428 g/mol. The molecule has 2 aromatic rings. The molecule has 0 unspecified atom stereocenters. The van der Waals surface area contributed by atoms with Crippen LogP contribution >= 0.6 is 11.6 Å². The number of hydrogen-bond acceptors (Lipinski definition) is 5. The summed E-state index contributed by atoms with van der Waals surface area (Å²) in [5.74, 6) is -0.663. The first kappa shape index (κ1) is 21.6. The van der Waals surface area contributed by atoms with Crippen LogP contribution in [0.3, 0.4) is 0 Å². The average Bonchev–Trinajstić information content (AvgIpc) is 2.63. The van der Waals surface area contributed by atoms with E-state index in [9.17, 15) is 17.6 Å². The van der Waals surface area contributed by atoms with Gasteiger partial charge in [-0.05, 0) is 42.8 Å². The number of benzene rings is 2. The van der Waals surface area contributed by atoms with Crippen LogP contribution in [0, 0.1) is 5.82 Å². The van der Waals surface area contributed by atoms with Crippen LogP contribution in [-0.2, 0) is 14.8 Å². The van der Waals surface area contributed by atoms with Crippen LogP contribution in [-0.4, -0.2) is 39.9 Å². The molecule has 2 aromatic carbocycles. The molecule has 0 aromatic heterocycles. The van der Waals surface area contributed by atoms with Crippen molar-refractivity contribution >= 4 is 38.9 Å². The van der Waals surface area contributed by atoms with Gasteiger partial charge in [0, 0.05) is 0 Å². The molecule has 0 spiro atoms. The first-order chi connectivity index (χ1) is 13.1. The minimum absolute atomic E-state index is 0.208. The molecule has 0 atom stereocenters. The number of carbonyl (C=O) groups is 1. The summed E-state index contributed by atoms with van der Waals surface area (Å²) in [4.78, 5) is 12.2. The van der Waals surface area contributed by atoms with Crippen LogP contribution in [0.2, 0.25) is 5.02 Å². The van der Waals surface area contributed by atoms with Crippen molar-refractivity contribution < 1.29 is 22.3 Å². The summed E-state index contributed by atoms with van der Waals surface area (Å²) in [6, 6.07) is 9.95. The fourth-order valence-electron chi connectivity index (χ4n) is 2.28. The summed E-state index contributed by atoms with van der Waals surface area (Å²) in [5.41, 5.74) is 3.56. The summed E-state index contributed by atoms with van der Waals surface area (Å²) in [6.45, 7) is 1.13. The van der Waals surface area contributed by atoms with Gasteiger partial charge in [0.05, 0.1) is 29.8 Å². The van der Waals surface area contributed by atoms with Gasteiger partial charge in [-0.25, -0.2) is 18.2 Å². The number of methoxy groups -OCH3 is 1. The topological polar surface area (TPSA) is 88.1 Å². The molecule has 0 heterocycles. The van der Waals surface area contributed by atoms with E-state index < -0.39 is 22.5 Å². The lowest BCUT2D eigenvalue weighted by Crippen LogP contribution is -2.39. The van der Waals surface area contributed by atoms with Crippen LogP contribution in [0.4, 0.5) is 10.1 Å². The summed E-state index contributed by atoms with van der Waals surface area (Å²) in [7, 11) is -2.33. The number of hydrogen-bond donors (Lipinski definition) is 1. The van der Waals surface area contributed by atoms with E-state index in [0.717, 1.165) is 10.6 Å². The van der Waals surface area contributed by atoms with Gasteiger partial charge in [0.2, 0.25) is 10.0 Å². The van der Waals surface area contributed by atoms with E-state index >= 15 is 0 Å². The summed E-state index contributed by atoms with van der Waals surface area (Å²) >= 11 is 6.05. The number of rotatable bonds is 7. The third kappa shape index (κ3) is 5.67. The Kier molecular flexibility index (Phi) is 6.98. The van der Waals surface area contributed by atoms with E-state index in [-0.39, 0.29) is 16.5 Å². The van der Waals surface area contributed by atoms with Crippen molar-refractivity contribution in [1.82, 2.24) is 5.43 Å². The molecule has 0 aliphatic rings. The zero-order chi connectivity index (χ0) is 20.9. The van der Waals surface area contributed by atoms with E-state index in [0.29, 0.717) is 17.0 Å². The molecule has 0 radical (unpaired) electrons. The van der Waals surface area contributed by atoms with Crippen LogP contribution in [0.15, 0.2) is 47.6 Å². The van der Waals surface area contributed by atoms with Gasteiger partial charge in [0.25, 0.3) is 5.91 Å². The first-order valence-corrected chi connectivity index (χ1v) is 10.2. The third-order valence-electron chi connectivity index (χ3n) is 3.72. The standard InChI is InChI=1S/C18H19ClFN3O4S/c1-12(13-4-6-14(20)7-5-13)21-22-18(24)11-23(28(3,25)26)15-8-9-17(27-2)16(19)10-15/h4-10H,11H2,1-3H3,(H,22,24)/b21-12-. The molecule has 1 N–H and O–H groups in total. The predicted molar refractivity (Wildman–Crippen MR) is 107 cm³/mol. The molecule has 28 heavy (non-hydrogen) atoms. The van der Waals surface area contributed by atoms with Crippen LogP contribution in [0.25, 0.3) is 0 Å². The molecule has 10 heteroatoms. The normalized spacial score (nSPS) is 11.8. The molecule has 0 saturated heterocycles. The Bertz CT molecular complexity index is 994. The number of hydrazone groups is 1. The van der Waals surface area contributed by atoms with Crippen molar-refractivity contribution in [3.05, 3.63) is 58.9 Å². The number of sulfonamides is 1. The van der Waals surface area contributed by atoms with Crippen molar-refractivity contribution in [1.29, 1.82) is 0 Å². The van der Waals surface area contributed by atoms with Gasteiger partial charge in [0.1, 0.15) is 18.1 Å². The fraction of sp³-hybridized carbons (Fsp3) is 0.222. The molecule has 2 rings (SSSR count). The molecule has 0 fully saturated rings. The van der Waals surface area contributed by atoms with Crippen LogP contribution in [0.5, 0.6) is 5.75 Å². The van der Waals surface area contributed by atoms with E-state index in [1.54, 1.807) is 6.92 Å². The van der Waals surface area contributed by atoms with Gasteiger partial charge in [-0.15, -0.1) is 0 Å². The van der Waals surface area contributed by atoms with E-state index in [1.165, 1.54) is 49.6 Å². The van der Waals surface area contributed by atoms with Crippen molar-refractivity contribution in [3.8, 4) is 5.75 Å². The van der Waals surface area contributed by atoms with Gasteiger partial charge in [-0.1, -0.05) is 23.7 Å². The summed E-state index contributed by atoms with van der Waals surface area (Å²) in [5, 5.41) is 4.13. The lowest BCUT2D eigenvalue weighted by Gasteiger charge is -2.22. The van der Waals surface area contributed by atoms with Gasteiger partial charge in [-0.2, -0.15) is 5.10 Å². The second-order valence-corrected chi connectivity index (χ2v) is 8.14. The Morgan fingerprint density at radius 3 is 2.43 bits per heavy atom. The van der Waals surface area contributed by atoms with Crippen LogP contribution < -0.4 is 14.5 Å². The van der Waals surface area contributed by atoms with E-state index in [2.05, 4.69) is 10.5 Å². The number of ether oxygens (including phenoxy) is 1. The Labute approximate surface area is 167 Å². The molecule has 0 bridgehead atoms. The highest BCUT2D eigenvalue weighted by molar-refractivity contribution is 7.92. The molecule has 7 nitrogen and oxygen atoms in total. The van der Waals surface area contributed by atoms with E-state index in [1.807, 2.05) is 0 Å². The fourth-order valence-corrected chi connectivity index (χ4v) is 3.38.